The molecule has 1 unspecified atom stereocenters. The number of ether oxygens (including phenoxy) is 2. The number of alkyl halides is 3. The van der Waals surface area contributed by atoms with Crippen LogP contribution in [0.15, 0.2) is 10.5 Å². The van der Waals surface area contributed by atoms with Crippen LogP contribution >= 0.6 is 15.9 Å². The summed E-state index contributed by atoms with van der Waals surface area (Å²) in [5.41, 5.74) is -2.20. The Morgan fingerprint density at radius 2 is 1.85 bits per heavy atom. The molecule has 3 aliphatic rings. The molecule has 5 rings (SSSR count). The van der Waals surface area contributed by atoms with E-state index in [4.69, 9.17) is 9.47 Å². The second-order valence-corrected chi connectivity index (χ2v) is 12.8. The standard InChI is InChI=1S/C27H34BrF4N5O3/c1-25(2,3)40-24(38)36-12-7-16(14-36)35(4)22-17-13-18(27(30,31)32)19(28)20(29)21(17)33-23(34-22)39-15-26-8-5-10-37(26)11-6-9-26/h13,16H,5-12,14-15H2,1-4H3. The molecule has 1 amide bonds. The molecule has 0 saturated carbocycles. The SMILES string of the molecule is CN(c1nc(OCC23CCCN2CCC3)nc2c(F)c(Br)c(C(F)(F)F)cc12)C1CCN(C(=O)OC(C)(C)C)C1. The van der Waals surface area contributed by atoms with Gasteiger partial charge in [0.05, 0.1) is 15.6 Å². The number of amides is 1. The maximum absolute atomic E-state index is 15.5. The Balaban J connectivity index is 1.50. The molecule has 0 spiro atoms. The number of fused-ring (bicyclic) bond motifs is 2. The van der Waals surface area contributed by atoms with Gasteiger partial charge in [0.2, 0.25) is 0 Å². The molecule has 3 aliphatic heterocycles. The molecule has 13 heteroatoms. The van der Waals surface area contributed by atoms with Crippen LogP contribution in [-0.2, 0) is 10.9 Å². The number of rotatable bonds is 5. The minimum Gasteiger partial charge on any atom is -0.461 e. The average molecular weight is 632 g/mol. The van der Waals surface area contributed by atoms with Crippen molar-refractivity contribution in [3.8, 4) is 6.01 Å². The van der Waals surface area contributed by atoms with E-state index in [0.29, 0.717) is 19.6 Å². The van der Waals surface area contributed by atoms with Gasteiger partial charge >= 0.3 is 18.3 Å². The van der Waals surface area contributed by atoms with Gasteiger partial charge in [0, 0.05) is 31.6 Å². The van der Waals surface area contributed by atoms with Crippen LogP contribution < -0.4 is 9.64 Å². The predicted molar refractivity (Wildman–Crippen MR) is 145 cm³/mol. The summed E-state index contributed by atoms with van der Waals surface area (Å²) in [6.45, 7) is 8.32. The van der Waals surface area contributed by atoms with Crippen LogP contribution in [0.3, 0.4) is 0 Å². The molecular formula is C27H34BrF4N5O3. The smallest absolute Gasteiger partial charge is 0.417 e. The molecule has 220 valence electrons. The fourth-order valence-electron chi connectivity index (χ4n) is 6.09. The van der Waals surface area contributed by atoms with Gasteiger partial charge in [-0.25, -0.2) is 9.18 Å². The number of aromatic nitrogens is 2. The Morgan fingerprint density at radius 1 is 1.18 bits per heavy atom. The van der Waals surface area contributed by atoms with Crippen molar-refractivity contribution in [2.24, 2.45) is 0 Å². The van der Waals surface area contributed by atoms with Crippen molar-refractivity contribution in [3.05, 3.63) is 21.9 Å². The van der Waals surface area contributed by atoms with E-state index in [1.54, 1.807) is 37.6 Å². The fourth-order valence-corrected chi connectivity index (χ4v) is 6.62. The average Bonchev–Trinajstić information content (AvgIpc) is 3.58. The number of carbonyl (C=O) groups is 1. The molecule has 3 fully saturated rings. The molecule has 1 atom stereocenters. The Kier molecular flexibility index (Phi) is 7.60. The third kappa shape index (κ3) is 5.55. The molecule has 0 aliphatic carbocycles. The van der Waals surface area contributed by atoms with Crippen molar-refractivity contribution in [2.75, 3.05) is 44.7 Å². The van der Waals surface area contributed by atoms with Gasteiger partial charge in [0.25, 0.3) is 0 Å². The van der Waals surface area contributed by atoms with Gasteiger partial charge < -0.3 is 19.3 Å². The van der Waals surface area contributed by atoms with Gasteiger partial charge in [-0.05, 0) is 88.0 Å². The molecule has 0 bridgehead atoms. The summed E-state index contributed by atoms with van der Waals surface area (Å²) >= 11 is 2.79. The number of anilines is 1. The van der Waals surface area contributed by atoms with Crippen LogP contribution in [0, 0.1) is 5.82 Å². The van der Waals surface area contributed by atoms with Crippen molar-refractivity contribution < 1.29 is 31.8 Å². The van der Waals surface area contributed by atoms with E-state index in [-0.39, 0.29) is 40.9 Å². The predicted octanol–water partition coefficient (Wildman–Crippen LogP) is 6.00. The first-order valence-corrected chi connectivity index (χ1v) is 14.3. The summed E-state index contributed by atoms with van der Waals surface area (Å²) in [6, 6.07) is 0.487. The minimum absolute atomic E-state index is 0.0832. The lowest BCUT2D eigenvalue weighted by Gasteiger charge is -2.31. The van der Waals surface area contributed by atoms with Gasteiger partial charge in [-0.1, -0.05) is 0 Å². The quantitative estimate of drug-likeness (QED) is 0.375. The summed E-state index contributed by atoms with van der Waals surface area (Å²) in [6.07, 6.45) is -0.656. The molecule has 8 nitrogen and oxygen atoms in total. The number of halogens is 5. The Labute approximate surface area is 239 Å². The van der Waals surface area contributed by atoms with Crippen molar-refractivity contribution in [1.29, 1.82) is 0 Å². The highest BCUT2D eigenvalue weighted by Gasteiger charge is 2.45. The Morgan fingerprint density at radius 3 is 2.48 bits per heavy atom. The van der Waals surface area contributed by atoms with E-state index in [0.717, 1.165) is 44.8 Å². The lowest BCUT2D eigenvalue weighted by atomic mass is 9.95. The van der Waals surface area contributed by atoms with Crippen molar-refractivity contribution in [3.63, 3.8) is 0 Å². The highest BCUT2D eigenvalue weighted by molar-refractivity contribution is 9.10. The number of hydrogen-bond donors (Lipinski definition) is 0. The zero-order chi connectivity index (χ0) is 29.0. The van der Waals surface area contributed by atoms with Gasteiger partial charge in [-0.15, -0.1) is 0 Å². The van der Waals surface area contributed by atoms with E-state index in [2.05, 4.69) is 30.8 Å². The number of likely N-dealkylation sites (tertiary alicyclic amines) is 1. The first-order chi connectivity index (χ1) is 18.7. The molecule has 0 N–H and O–H groups in total. The summed E-state index contributed by atoms with van der Waals surface area (Å²) in [5, 5.41) is -0.0832. The maximum atomic E-state index is 15.5. The minimum atomic E-state index is -4.80. The number of nitrogens with zero attached hydrogens (tertiary/aromatic N) is 5. The summed E-state index contributed by atoms with van der Waals surface area (Å²) in [7, 11) is 1.68. The second kappa shape index (κ2) is 10.5. The largest absolute Gasteiger partial charge is 0.461 e. The third-order valence-corrected chi connectivity index (χ3v) is 8.89. The zero-order valence-corrected chi connectivity index (χ0v) is 24.7. The van der Waals surface area contributed by atoms with E-state index in [1.165, 1.54) is 0 Å². The first kappa shape index (κ1) is 29.1. The van der Waals surface area contributed by atoms with E-state index in [1.807, 2.05) is 0 Å². The summed E-state index contributed by atoms with van der Waals surface area (Å²) < 4.78 is 67.8. The molecule has 3 saturated heterocycles. The molecular weight excluding hydrogens is 598 g/mol. The molecule has 4 heterocycles. The lowest BCUT2D eigenvalue weighted by Crippen LogP contribution is -2.43. The van der Waals surface area contributed by atoms with Crippen LogP contribution in [-0.4, -0.2) is 82.9 Å². The lowest BCUT2D eigenvalue weighted by molar-refractivity contribution is -0.138. The number of hydrogen-bond acceptors (Lipinski definition) is 7. The van der Waals surface area contributed by atoms with Crippen LogP contribution in [0.25, 0.3) is 10.9 Å². The van der Waals surface area contributed by atoms with Crippen LogP contribution in [0.4, 0.5) is 28.2 Å². The zero-order valence-electron chi connectivity index (χ0n) is 23.1. The number of carbonyl (C=O) groups excluding carboxylic acids is 1. The van der Waals surface area contributed by atoms with Crippen LogP contribution in [0.2, 0.25) is 0 Å². The van der Waals surface area contributed by atoms with Gasteiger partial charge in [0.1, 0.15) is 23.5 Å². The van der Waals surface area contributed by atoms with E-state index < -0.39 is 33.7 Å². The highest BCUT2D eigenvalue weighted by Crippen LogP contribution is 2.42. The van der Waals surface area contributed by atoms with Crippen molar-refractivity contribution in [1.82, 2.24) is 19.8 Å². The van der Waals surface area contributed by atoms with Gasteiger partial charge in [-0.2, -0.15) is 23.1 Å². The second-order valence-electron chi connectivity index (χ2n) is 12.0. The number of likely N-dealkylation sites (N-methyl/N-ethyl adjacent to an activating group) is 1. The molecule has 40 heavy (non-hydrogen) atoms. The van der Waals surface area contributed by atoms with Gasteiger partial charge in [-0.3, -0.25) is 4.90 Å². The molecule has 0 radical (unpaired) electrons. The molecule has 1 aromatic carbocycles. The molecule has 1 aromatic heterocycles. The monoisotopic (exact) mass is 631 g/mol. The van der Waals surface area contributed by atoms with Crippen molar-refractivity contribution in [2.45, 2.75) is 76.2 Å². The summed E-state index contributed by atoms with van der Waals surface area (Å²) in [5.74, 6) is -1.02. The normalized spacial score (nSPS) is 21.2. The maximum Gasteiger partial charge on any atom is 0.417 e. The number of benzene rings is 1. The fraction of sp³-hybridized carbons (Fsp3) is 0.667. The Hall–Kier alpha value is -2.41. The Bertz CT molecular complexity index is 1290. The third-order valence-electron chi connectivity index (χ3n) is 8.11. The van der Waals surface area contributed by atoms with E-state index in [9.17, 15) is 18.0 Å². The van der Waals surface area contributed by atoms with Crippen LogP contribution in [0.1, 0.15) is 58.4 Å². The summed E-state index contributed by atoms with van der Waals surface area (Å²) in [4.78, 5) is 27.0. The van der Waals surface area contributed by atoms with E-state index >= 15 is 4.39 Å². The first-order valence-electron chi connectivity index (χ1n) is 13.5. The van der Waals surface area contributed by atoms with Gasteiger partial charge in [0.15, 0.2) is 5.82 Å². The van der Waals surface area contributed by atoms with Crippen molar-refractivity contribution >= 4 is 38.7 Å². The highest BCUT2D eigenvalue weighted by atomic mass is 79.9. The molecule has 2 aromatic rings. The topological polar surface area (TPSA) is 71.0 Å². The van der Waals surface area contributed by atoms with Crippen LogP contribution in [0.5, 0.6) is 6.01 Å².